The van der Waals surface area contributed by atoms with Gasteiger partial charge in [-0.25, -0.2) is 0 Å². The minimum Gasteiger partial charge on any atom is -0.332 e. The van der Waals surface area contributed by atoms with E-state index >= 15 is 0 Å². The maximum atomic E-state index is 14.7. The Hall–Kier alpha value is -3.66. The lowest BCUT2D eigenvalue weighted by molar-refractivity contribution is -0.136. The van der Waals surface area contributed by atoms with Crippen LogP contribution < -0.4 is 5.32 Å². The number of aromatic nitrogens is 2. The molecule has 5 rings (SSSR count). The molecule has 0 bridgehead atoms. The molecule has 2 aromatic carbocycles. The number of hydrogen-bond donors (Lipinski definition) is 1. The maximum Gasteiger partial charge on any atom is 0.350 e. The zero-order valence-corrected chi connectivity index (χ0v) is 18.3. The molecule has 3 heterocycles. The molecule has 1 unspecified atom stereocenters. The molecule has 3 amide bonds. The zero-order valence-electron chi connectivity index (χ0n) is 17.6. The molecule has 0 saturated carbocycles. The molecule has 1 fully saturated rings. The van der Waals surface area contributed by atoms with Crippen molar-refractivity contribution in [1.82, 2.24) is 20.4 Å². The summed E-state index contributed by atoms with van der Waals surface area (Å²) in [6.07, 6.45) is 0.549. The smallest absolute Gasteiger partial charge is 0.332 e. The molecular formula is C23H17ClF2N4O4. The fourth-order valence-corrected chi connectivity index (χ4v) is 4.28. The first-order chi connectivity index (χ1) is 16.2. The Balaban J connectivity index is 1.32. The normalized spacial score (nSPS) is 18.3. The van der Waals surface area contributed by atoms with Crippen molar-refractivity contribution >= 4 is 29.3 Å². The summed E-state index contributed by atoms with van der Waals surface area (Å²) in [5.74, 6) is -5.38. The lowest BCUT2D eigenvalue weighted by Crippen LogP contribution is -2.52. The quantitative estimate of drug-likeness (QED) is 0.555. The highest BCUT2D eigenvalue weighted by molar-refractivity contribution is 6.30. The number of carbonyl (C=O) groups is 3. The summed E-state index contributed by atoms with van der Waals surface area (Å²) < 4.78 is 34.3. The van der Waals surface area contributed by atoms with Gasteiger partial charge in [-0.1, -0.05) is 41.0 Å². The number of rotatable bonds is 5. The van der Waals surface area contributed by atoms with Gasteiger partial charge in [0.05, 0.1) is 0 Å². The van der Waals surface area contributed by atoms with Crippen LogP contribution in [0.3, 0.4) is 0 Å². The van der Waals surface area contributed by atoms with Gasteiger partial charge in [0.25, 0.3) is 5.91 Å². The SMILES string of the molecule is O=C1CCC(N2Cc3cc(Cc4noc(C(F)(F)c5ccc(Cl)cc5)n4)ccc3C2=O)C(=O)N1. The number of alkyl halides is 2. The molecule has 174 valence electrons. The Bertz CT molecular complexity index is 1310. The summed E-state index contributed by atoms with van der Waals surface area (Å²) in [5.41, 5.74) is 1.52. The van der Waals surface area contributed by atoms with Crippen molar-refractivity contribution in [2.24, 2.45) is 0 Å². The highest BCUT2D eigenvalue weighted by atomic mass is 35.5. The topological polar surface area (TPSA) is 105 Å². The third-order valence-electron chi connectivity index (χ3n) is 5.89. The summed E-state index contributed by atoms with van der Waals surface area (Å²) in [7, 11) is 0. The van der Waals surface area contributed by atoms with E-state index in [1.165, 1.54) is 29.2 Å². The third kappa shape index (κ3) is 3.94. The number of amides is 3. The molecule has 3 aromatic rings. The van der Waals surface area contributed by atoms with Gasteiger partial charge in [0.2, 0.25) is 11.8 Å². The van der Waals surface area contributed by atoms with Gasteiger partial charge in [0.1, 0.15) is 6.04 Å². The number of hydrogen-bond acceptors (Lipinski definition) is 6. The minimum absolute atomic E-state index is 0.0648. The first kappa shape index (κ1) is 22.1. The van der Waals surface area contributed by atoms with E-state index in [1.807, 2.05) is 0 Å². The van der Waals surface area contributed by atoms with Gasteiger partial charge in [-0.15, -0.1) is 0 Å². The van der Waals surface area contributed by atoms with Gasteiger partial charge < -0.3 is 9.42 Å². The Morgan fingerprint density at radius 1 is 1.15 bits per heavy atom. The van der Waals surface area contributed by atoms with Crippen molar-refractivity contribution < 1.29 is 27.7 Å². The summed E-state index contributed by atoms with van der Waals surface area (Å²) in [6, 6.07) is 9.44. The zero-order chi connectivity index (χ0) is 24.0. The summed E-state index contributed by atoms with van der Waals surface area (Å²) in [5, 5.41) is 6.27. The van der Waals surface area contributed by atoms with Crippen molar-refractivity contribution in [3.63, 3.8) is 0 Å². The molecule has 1 atom stereocenters. The molecule has 34 heavy (non-hydrogen) atoms. The molecule has 2 aliphatic heterocycles. The van der Waals surface area contributed by atoms with E-state index in [-0.39, 0.29) is 49.0 Å². The number of carbonyl (C=O) groups excluding carboxylic acids is 3. The van der Waals surface area contributed by atoms with Crippen molar-refractivity contribution in [2.75, 3.05) is 0 Å². The first-order valence-electron chi connectivity index (χ1n) is 10.5. The number of fused-ring (bicyclic) bond motifs is 1. The van der Waals surface area contributed by atoms with Crippen LogP contribution in [0.1, 0.15) is 51.6 Å². The summed E-state index contributed by atoms with van der Waals surface area (Å²) in [4.78, 5) is 41.7. The van der Waals surface area contributed by atoms with Gasteiger partial charge in [0.15, 0.2) is 5.82 Å². The number of nitrogens with zero attached hydrogens (tertiary/aromatic N) is 3. The molecule has 8 nitrogen and oxygen atoms in total. The Morgan fingerprint density at radius 3 is 2.65 bits per heavy atom. The molecule has 11 heteroatoms. The second-order valence-electron chi connectivity index (χ2n) is 8.17. The van der Waals surface area contributed by atoms with E-state index in [0.717, 1.165) is 0 Å². The van der Waals surface area contributed by atoms with E-state index in [2.05, 4.69) is 15.5 Å². The highest BCUT2D eigenvalue weighted by Gasteiger charge is 2.41. The predicted octanol–water partition coefficient (Wildman–Crippen LogP) is 3.21. The van der Waals surface area contributed by atoms with Crippen molar-refractivity contribution in [1.29, 1.82) is 0 Å². The van der Waals surface area contributed by atoms with E-state index in [1.54, 1.807) is 18.2 Å². The second-order valence-corrected chi connectivity index (χ2v) is 8.60. The highest BCUT2D eigenvalue weighted by Crippen LogP contribution is 2.35. The van der Waals surface area contributed by atoms with E-state index < -0.39 is 23.8 Å². The average Bonchev–Trinajstić information content (AvgIpc) is 3.39. The molecule has 1 aromatic heterocycles. The predicted molar refractivity (Wildman–Crippen MR) is 114 cm³/mol. The number of halogens is 3. The second kappa shape index (κ2) is 8.28. The van der Waals surface area contributed by atoms with Crippen molar-refractivity contribution in [2.45, 2.75) is 37.8 Å². The fraction of sp³-hybridized carbons (Fsp3) is 0.261. The number of imide groups is 1. The van der Waals surface area contributed by atoms with Gasteiger partial charge >= 0.3 is 11.8 Å². The molecule has 0 radical (unpaired) electrons. The lowest BCUT2D eigenvalue weighted by atomic mass is 10.0. The van der Waals surface area contributed by atoms with Crippen LogP contribution in [0.5, 0.6) is 0 Å². The van der Waals surface area contributed by atoms with Crippen LogP contribution in [0.2, 0.25) is 5.02 Å². The molecule has 2 aliphatic rings. The Kier molecular flexibility index (Phi) is 5.40. The van der Waals surface area contributed by atoms with E-state index in [0.29, 0.717) is 21.7 Å². The first-order valence-corrected chi connectivity index (χ1v) is 10.8. The van der Waals surface area contributed by atoms with Crippen LogP contribution in [0, 0.1) is 0 Å². The van der Waals surface area contributed by atoms with Crippen LogP contribution in [-0.4, -0.2) is 38.8 Å². The van der Waals surface area contributed by atoms with Crippen molar-refractivity contribution in [3.8, 4) is 0 Å². The maximum absolute atomic E-state index is 14.7. The number of benzene rings is 2. The molecule has 1 N–H and O–H groups in total. The largest absolute Gasteiger partial charge is 0.350 e. The number of nitrogens with one attached hydrogen (secondary N) is 1. The van der Waals surface area contributed by atoms with Crippen LogP contribution >= 0.6 is 11.6 Å². The van der Waals surface area contributed by atoms with Gasteiger partial charge in [-0.2, -0.15) is 13.8 Å². The van der Waals surface area contributed by atoms with Gasteiger partial charge in [-0.05, 0) is 35.7 Å². The van der Waals surface area contributed by atoms with Crippen LogP contribution in [0.25, 0.3) is 0 Å². The molecule has 1 saturated heterocycles. The van der Waals surface area contributed by atoms with Crippen LogP contribution in [-0.2, 0) is 28.5 Å². The Morgan fingerprint density at radius 2 is 1.91 bits per heavy atom. The standard InChI is InChI=1S/C23H17ClF2N4O4/c24-15-4-2-14(3-5-15)23(25,26)22-27-18(29-34-22)10-12-1-6-16-13(9-12)11-30(21(16)33)17-7-8-19(31)28-20(17)32/h1-6,9,17H,7-8,10-11H2,(H,28,31,32). The van der Waals surface area contributed by atoms with Gasteiger partial charge in [-0.3, -0.25) is 19.7 Å². The third-order valence-corrected chi connectivity index (χ3v) is 6.15. The fourth-order valence-electron chi connectivity index (χ4n) is 4.16. The summed E-state index contributed by atoms with van der Waals surface area (Å²) >= 11 is 5.76. The van der Waals surface area contributed by atoms with E-state index in [4.69, 9.17) is 16.1 Å². The monoisotopic (exact) mass is 486 g/mol. The molecular weight excluding hydrogens is 470 g/mol. The van der Waals surface area contributed by atoms with Gasteiger partial charge in [0, 0.05) is 35.5 Å². The molecule has 0 spiro atoms. The van der Waals surface area contributed by atoms with Crippen LogP contribution in [0.4, 0.5) is 8.78 Å². The van der Waals surface area contributed by atoms with E-state index in [9.17, 15) is 23.2 Å². The number of piperidine rings is 1. The molecule has 0 aliphatic carbocycles. The minimum atomic E-state index is -3.48. The lowest BCUT2D eigenvalue weighted by Gasteiger charge is -2.29. The average molecular weight is 487 g/mol. The summed E-state index contributed by atoms with van der Waals surface area (Å²) in [6.45, 7) is 0.209. The Labute approximate surface area is 196 Å². The van der Waals surface area contributed by atoms with Crippen molar-refractivity contribution in [3.05, 3.63) is 81.5 Å². The van der Waals surface area contributed by atoms with Crippen LogP contribution in [0.15, 0.2) is 47.0 Å².